The van der Waals surface area contributed by atoms with Crippen molar-refractivity contribution < 1.29 is 0 Å². The highest BCUT2D eigenvalue weighted by Gasteiger charge is 2.28. The summed E-state index contributed by atoms with van der Waals surface area (Å²) in [5.74, 6) is 1.97. The van der Waals surface area contributed by atoms with Gasteiger partial charge in [-0.1, -0.05) is 18.7 Å². The summed E-state index contributed by atoms with van der Waals surface area (Å²) in [5.41, 5.74) is 5.59. The minimum absolute atomic E-state index is 0.494. The molecule has 1 aromatic heterocycles. The first kappa shape index (κ1) is 9.02. The first-order valence-electron chi connectivity index (χ1n) is 4.63. The van der Waals surface area contributed by atoms with Crippen LogP contribution in [0.4, 0.5) is 0 Å². The van der Waals surface area contributed by atoms with Gasteiger partial charge in [-0.05, 0) is 18.6 Å². The van der Waals surface area contributed by atoms with Crippen molar-refractivity contribution in [2.45, 2.75) is 37.5 Å². The third kappa shape index (κ3) is 1.71. The lowest BCUT2D eigenvalue weighted by Gasteiger charge is -2.05. The average molecular weight is 198 g/mol. The summed E-state index contributed by atoms with van der Waals surface area (Å²) in [5, 5.41) is 9.25. The summed E-state index contributed by atoms with van der Waals surface area (Å²) in [6, 6.07) is 0.627. The van der Waals surface area contributed by atoms with Crippen LogP contribution in [0.3, 0.4) is 0 Å². The van der Waals surface area contributed by atoms with E-state index >= 15 is 0 Å². The Morgan fingerprint density at radius 1 is 1.54 bits per heavy atom. The summed E-state index contributed by atoms with van der Waals surface area (Å²) in [6.07, 6.45) is 2.50. The van der Waals surface area contributed by atoms with Gasteiger partial charge in [0.2, 0.25) is 0 Å². The molecular formula is C8H14N4S. The molecule has 1 heterocycles. The van der Waals surface area contributed by atoms with E-state index in [0.29, 0.717) is 12.6 Å². The Bertz CT molecular complexity index is 292. The van der Waals surface area contributed by atoms with Crippen LogP contribution in [0, 0.1) is 0 Å². The van der Waals surface area contributed by atoms with Crippen LogP contribution in [0.1, 0.15) is 31.6 Å². The molecule has 72 valence electrons. The molecule has 13 heavy (non-hydrogen) atoms. The van der Waals surface area contributed by atoms with Crippen molar-refractivity contribution >= 4 is 11.8 Å². The van der Waals surface area contributed by atoms with Gasteiger partial charge in [-0.3, -0.25) is 0 Å². The molecule has 0 bridgehead atoms. The number of nitrogens with two attached hydrogens (primary N) is 1. The van der Waals surface area contributed by atoms with Crippen molar-refractivity contribution in [2.24, 2.45) is 5.73 Å². The van der Waals surface area contributed by atoms with Gasteiger partial charge >= 0.3 is 0 Å². The van der Waals surface area contributed by atoms with Gasteiger partial charge in [0.25, 0.3) is 0 Å². The van der Waals surface area contributed by atoms with E-state index in [1.54, 1.807) is 11.8 Å². The highest BCUT2D eigenvalue weighted by atomic mass is 32.2. The minimum atomic E-state index is 0.494. The molecule has 0 saturated heterocycles. The van der Waals surface area contributed by atoms with Crippen LogP contribution in [-0.4, -0.2) is 20.5 Å². The van der Waals surface area contributed by atoms with E-state index in [1.165, 1.54) is 12.8 Å². The van der Waals surface area contributed by atoms with Gasteiger partial charge in [0.05, 0.1) is 6.54 Å². The Hall–Kier alpha value is -0.550. The maximum atomic E-state index is 5.59. The summed E-state index contributed by atoms with van der Waals surface area (Å²) in [6.45, 7) is 2.62. The predicted octanol–water partition coefficient (Wildman–Crippen LogP) is 1.18. The fraction of sp³-hybridized carbons (Fsp3) is 0.750. The molecule has 0 amide bonds. The molecule has 4 nitrogen and oxygen atoms in total. The molecule has 1 aliphatic rings. The maximum Gasteiger partial charge on any atom is 0.191 e. The third-order valence-corrected chi connectivity index (χ3v) is 2.93. The van der Waals surface area contributed by atoms with Crippen LogP contribution in [-0.2, 0) is 6.54 Å². The Kier molecular flexibility index (Phi) is 2.55. The quantitative estimate of drug-likeness (QED) is 0.738. The Morgan fingerprint density at radius 2 is 2.31 bits per heavy atom. The first-order valence-corrected chi connectivity index (χ1v) is 5.62. The van der Waals surface area contributed by atoms with Crippen LogP contribution in [0.2, 0.25) is 0 Å². The number of rotatable bonds is 4. The smallest absolute Gasteiger partial charge is 0.191 e. The molecule has 0 spiro atoms. The normalized spacial score (nSPS) is 16.5. The molecule has 0 aliphatic heterocycles. The summed E-state index contributed by atoms with van der Waals surface area (Å²) < 4.78 is 2.20. The van der Waals surface area contributed by atoms with E-state index in [2.05, 4.69) is 21.7 Å². The van der Waals surface area contributed by atoms with E-state index in [1.807, 2.05) is 0 Å². The summed E-state index contributed by atoms with van der Waals surface area (Å²) in [4.78, 5) is 0. The Balaban J connectivity index is 2.27. The molecule has 0 atom stereocenters. The molecule has 2 N–H and O–H groups in total. The molecule has 0 unspecified atom stereocenters. The molecule has 1 fully saturated rings. The van der Waals surface area contributed by atoms with Gasteiger partial charge in [0.15, 0.2) is 5.16 Å². The zero-order chi connectivity index (χ0) is 9.26. The Morgan fingerprint density at radius 3 is 2.85 bits per heavy atom. The first-order chi connectivity index (χ1) is 6.36. The second-order valence-corrected chi connectivity index (χ2v) is 4.37. The Labute approximate surface area is 81.9 Å². The molecule has 0 radical (unpaired) electrons. The average Bonchev–Trinajstić information content (AvgIpc) is 2.89. The van der Waals surface area contributed by atoms with Gasteiger partial charge in [-0.15, -0.1) is 10.2 Å². The van der Waals surface area contributed by atoms with Crippen LogP contribution < -0.4 is 5.73 Å². The molecule has 1 aliphatic carbocycles. The van der Waals surface area contributed by atoms with Crippen molar-refractivity contribution in [3.63, 3.8) is 0 Å². The molecule has 0 aromatic carbocycles. The molecular weight excluding hydrogens is 184 g/mol. The topological polar surface area (TPSA) is 56.7 Å². The number of aromatic nitrogens is 3. The highest BCUT2D eigenvalue weighted by molar-refractivity contribution is 7.99. The second kappa shape index (κ2) is 3.67. The van der Waals surface area contributed by atoms with Gasteiger partial charge < -0.3 is 10.3 Å². The monoisotopic (exact) mass is 198 g/mol. The van der Waals surface area contributed by atoms with Crippen LogP contribution in [0.15, 0.2) is 5.16 Å². The zero-order valence-corrected chi connectivity index (χ0v) is 8.55. The summed E-state index contributed by atoms with van der Waals surface area (Å²) in [7, 11) is 0. The minimum Gasteiger partial charge on any atom is -0.324 e. The number of hydrogen-bond acceptors (Lipinski definition) is 4. The molecule has 5 heteroatoms. The molecule has 2 rings (SSSR count). The van der Waals surface area contributed by atoms with E-state index in [-0.39, 0.29) is 0 Å². The third-order valence-electron chi connectivity index (χ3n) is 2.10. The fourth-order valence-corrected chi connectivity index (χ4v) is 2.12. The van der Waals surface area contributed by atoms with Crippen molar-refractivity contribution in [2.75, 3.05) is 5.75 Å². The van der Waals surface area contributed by atoms with E-state index in [4.69, 9.17) is 5.73 Å². The van der Waals surface area contributed by atoms with Gasteiger partial charge in [-0.25, -0.2) is 0 Å². The SMILES string of the molecule is CCSc1nnc(CN)n1C1CC1. The molecule has 1 saturated carbocycles. The number of hydrogen-bond donors (Lipinski definition) is 1. The highest BCUT2D eigenvalue weighted by Crippen LogP contribution is 2.38. The van der Waals surface area contributed by atoms with E-state index < -0.39 is 0 Å². The van der Waals surface area contributed by atoms with Gasteiger partial charge in [0.1, 0.15) is 5.82 Å². The zero-order valence-electron chi connectivity index (χ0n) is 7.73. The summed E-state index contributed by atoms with van der Waals surface area (Å²) >= 11 is 1.74. The van der Waals surface area contributed by atoms with Crippen LogP contribution in [0.5, 0.6) is 0 Å². The number of nitrogens with zero attached hydrogens (tertiary/aromatic N) is 3. The van der Waals surface area contributed by atoms with Gasteiger partial charge in [-0.2, -0.15) is 0 Å². The molecule has 1 aromatic rings. The van der Waals surface area contributed by atoms with E-state index in [9.17, 15) is 0 Å². The van der Waals surface area contributed by atoms with Crippen molar-refractivity contribution in [1.82, 2.24) is 14.8 Å². The van der Waals surface area contributed by atoms with Gasteiger partial charge in [0, 0.05) is 6.04 Å². The lowest BCUT2D eigenvalue weighted by Crippen LogP contribution is -2.07. The lowest BCUT2D eigenvalue weighted by atomic mass is 10.5. The standard InChI is InChI=1S/C8H14N4S/c1-2-13-8-11-10-7(5-9)12(8)6-3-4-6/h6H,2-5,9H2,1H3. The predicted molar refractivity (Wildman–Crippen MR) is 52.6 cm³/mol. The van der Waals surface area contributed by atoms with E-state index in [0.717, 1.165) is 16.7 Å². The van der Waals surface area contributed by atoms with Crippen molar-refractivity contribution in [3.05, 3.63) is 5.82 Å². The number of thioether (sulfide) groups is 1. The second-order valence-electron chi connectivity index (χ2n) is 3.14. The fourth-order valence-electron chi connectivity index (χ4n) is 1.37. The largest absolute Gasteiger partial charge is 0.324 e. The van der Waals surface area contributed by atoms with Crippen LogP contribution >= 0.6 is 11.8 Å². The van der Waals surface area contributed by atoms with Crippen molar-refractivity contribution in [1.29, 1.82) is 0 Å². The lowest BCUT2D eigenvalue weighted by molar-refractivity contribution is 0.626. The maximum absolute atomic E-state index is 5.59. The van der Waals surface area contributed by atoms with Crippen molar-refractivity contribution in [3.8, 4) is 0 Å². The van der Waals surface area contributed by atoms with Crippen LogP contribution in [0.25, 0.3) is 0 Å².